The lowest BCUT2D eigenvalue weighted by atomic mass is 10.2. The van der Waals surface area contributed by atoms with Crippen LogP contribution in [0.25, 0.3) is 0 Å². The molecule has 0 aliphatic rings. The van der Waals surface area contributed by atoms with Gasteiger partial charge in [0.15, 0.2) is 0 Å². The minimum Gasteiger partial charge on any atom is -0.314 e. The molecule has 0 saturated carbocycles. The number of hydrogen-bond donors (Lipinski definition) is 2. The van der Waals surface area contributed by atoms with Crippen LogP contribution in [-0.4, -0.2) is 38.7 Å². The first-order valence-corrected chi connectivity index (χ1v) is 4.89. The standard InChI is InChI=1S/C8H16N6O/c1-4-9-6(2)5-7(15)10-8-11-13-14(3)12-8/h6,9H,4-5H2,1-3H3,(H,10,12,15). The van der Waals surface area contributed by atoms with E-state index in [1.807, 2.05) is 13.8 Å². The zero-order valence-electron chi connectivity index (χ0n) is 9.19. The van der Waals surface area contributed by atoms with Crippen molar-refractivity contribution >= 4 is 11.9 Å². The van der Waals surface area contributed by atoms with Crippen LogP contribution in [0.3, 0.4) is 0 Å². The Balaban J connectivity index is 2.36. The third-order valence-corrected chi connectivity index (χ3v) is 1.80. The van der Waals surface area contributed by atoms with Crippen LogP contribution in [0.5, 0.6) is 0 Å². The van der Waals surface area contributed by atoms with Gasteiger partial charge in [0.2, 0.25) is 5.91 Å². The summed E-state index contributed by atoms with van der Waals surface area (Å²) in [5.41, 5.74) is 0. The predicted octanol–water partition coefficient (Wildman–Crippen LogP) is -0.463. The van der Waals surface area contributed by atoms with Crippen molar-refractivity contribution in [2.24, 2.45) is 7.05 Å². The second-order valence-electron chi connectivity index (χ2n) is 3.31. The second kappa shape index (κ2) is 5.40. The van der Waals surface area contributed by atoms with Gasteiger partial charge in [0.05, 0.1) is 7.05 Å². The van der Waals surface area contributed by atoms with E-state index in [1.165, 1.54) is 4.80 Å². The number of amides is 1. The van der Waals surface area contributed by atoms with Crippen molar-refractivity contribution in [1.29, 1.82) is 0 Å². The second-order valence-corrected chi connectivity index (χ2v) is 3.31. The van der Waals surface area contributed by atoms with Crippen LogP contribution in [-0.2, 0) is 11.8 Å². The maximum atomic E-state index is 11.4. The van der Waals surface area contributed by atoms with E-state index in [9.17, 15) is 4.79 Å². The van der Waals surface area contributed by atoms with E-state index < -0.39 is 0 Å². The molecule has 0 fully saturated rings. The monoisotopic (exact) mass is 212 g/mol. The number of hydrogen-bond acceptors (Lipinski definition) is 5. The number of rotatable bonds is 5. The zero-order chi connectivity index (χ0) is 11.3. The maximum Gasteiger partial charge on any atom is 0.270 e. The van der Waals surface area contributed by atoms with E-state index in [-0.39, 0.29) is 17.9 Å². The summed E-state index contributed by atoms with van der Waals surface area (Å²) in [5.74, 6) is 0.127. The molecule has 15 heavy (non-hydrogen) atoms. The summed E-state index contributed by atoms with van der Waals surface area (Å²) in [7, 11) is 1.64. The zero-order valence-corrected chi connectivity index (χ0v) is 9.19. The predicted molar refractivity (Wildman–Crippen MR) is 55.2 cm³/mol. The molecular weight excluding hydrogens is 196 g/mol. The van der Waals surface area contributed by atoms with Gasteiger partial charge < -0.3 is 5.32 Å². The van der Waals surface area contributed by atoms with Crippen LogP contribution in [0, 0.1) is 0 Å². The number of nitrogens with one attached hydrogen (secondary N) is 2. The van der Waals surface area contributed by atoms with Gasteiger partial charge in [0.25, 0.3) is 5.95 Å². The molecular formula is C8H16N6O. The van der Waals surface area contributed by atoms with E-state index in [0.29, 0.717) is 6.42 Å². The molecule has 7 heteroatoms. The maximum absolute atomic E-state index is 11.4. The summed E-state index contributed by atoms with van der Waals surface area (Å²) >= 11 is 0. The summed E-state index contributed by atoms with van der Waals surface area (Å²) in [5, 5.41) is 16.8. The van der Waals surface area contributed by atoms with Gasteiger partial charge in [0, 0.05) is 12.5 Å². The molecule has 0 saturated heterocycles. The fraction of sp³-hybridized carbons (Fsp3) is 0.750. The Hall–Kier alpha value is -1.50. The highest BCUT2D eigenvalue weighted by Crippen LogP contribution is 1.97. The Morgan fingerprint density at radius 1 is 1.60 bits per heavy atom. The van der Waals surface area contributed by atoms with Crippen LogP contribution in [0.2, 0.25) is 0 Å². The minimum atomic E-state index is -0.114. The van der Waals surface area contributed by atoms with Crippen molar-refractivity contribution in [2.45, 2.75) is 26.3 Å². The van der Waals surface area contributed by atoms with E-state index >= 15 is 0 Å². The first-order valence-electron chi connectivity index (χ1n) is 4.89. The SMILES string of the molecule is CCNC(C)CC(=O)Nc1nnn(C)n1. The third-order valence-electron chi connectivity index (χ3n) is 1.80. The summed E-state index contributed by atoms with van der Waals surface area (Å²) < 4.78 is 0. The number of aryl methyl sites for hydroxylation is 1. The topological polar surface area (TPSA) is 84.7 Å². The average Bonchev–Trinajstić information content (AvgIpc) is 2.51. The number of tetrazole rings is 1. The van der Waals surface area contributed by atoms with Crippen LogP contribution < -0.4 is 10.6 Å². The minimum absolute atomic E-state index is 0.114. The lowest BCUT2D eigenvalue weighted by molar-refractivity contribution is -0.116. The number of aromatic nitrogens is 4. The van der Waals surface area contributed by atoms with Crippen molar-refractivity contribution in [3.8, 4) is 0 Å². The van der Waals surface area contributed by atoms with Gasteiger partial charge in [-0.3, -0.25) is 10.1 Å². The molecule has 0 aliphatic heterocycles. The van der Waals surface area contributed by atoms with Gasteiger partial charge in [-0.2, -0.15) is 4.80 Å². The quantitative estimate of drug-likeness (QED) is 0.689. The molecule has 84 valence electrons. The molecule has 1 rings (SSSR count). The summed E-state index contributed by atoms with van der Waals surface area (Å²) in [6, 6.07) is 0.145. The van der Waals surface area contributed by atoms with Crippen molar-refractivity contribution in [3.05, 3.63) is 0 Å². The smallest absolute Gasteiger partial charge is 0.270 e. The molecule has 0 aromatic carbocycles. The van der Waals surface area contributed by atoms with E-state index in [1.54, 1.807) is 7.05 Å². The van der Waals surface area contributed by atoms with Crippen LogP contribution in [0.15, 0.2) is 0 Å². The van der Waals surface area contributed by atoms with Crippen molar-refractivity contribution < 1.29 is 4.79 Å². The summed E-state index contributed by atoms with van der Waals surface area (Å²) in [4.78, 5) is 12.7. The Morgan fingerprint density at radius 2 is 2.33 bits per heavy atom. The highest BCUT2D eigenvalue weighted by molar-refractivity contribution is 5.89. The molecule has 1 unspecified atom stereocenters. The molecule has 0 bridgehead atoms. The summed E-state index contributed by atoms with van der Waals surface area (Å²) in [6.07, 6.45) is 0.395. The lowest BCUT2D eigenvalue weighted by Crippen LogP contribution is -2.30. The Morgan fingerprint density at radius 3 is 2.87 bits per heavy atom. The van der Waals surface area contributed by atoms with Crippen molar-refractivity contribution in [3.63, 3.8) is 0 Å². The van der Waals surface area contributed by atoms with Gasteiger partial charge in [-0.25, -0.2) is 0 Å². The fourth-order valence-corrected chi connectivity index (χ4v) is 1.21. The molecule has 1 aromatic rings. The molecule has 0 radical (unpaired) electrons. The van der Waals surface area contributed by atoms with E-state index in [2.05, 4.69) is 26.0 Å². The number of anilines is 1. The molecule has 2 N–H and O–H groups in total. The number of carbonyl (C=O) groups is 1. The molecule has 0 spiro atoms. The van der Waals surface area contributed by atoms with Gasteiger partial charge in [-0.05, 0) is 18.7 Å². The van der Waals surface area contributed by atoms with Gasteiger partial charge in [0.1, 0.15) is 0 Å². The molecule has 0 aliphatic carbocycles. The first-order chi connectivity index (χ1) is 7.11. The Bertz CT molecular complexity index is 323. The first kappa shape index (κ1) is 11.6. The van der Waals surface area contributed by atoms with Crippen molar-refractivity contribution in [1.82, 2.24) is 25.5 Å². The van der Waals surface area contributed by atoms with Crippen molar-refractivity contribution in [2.75, 3.05) is 11.9 Å². The lowest BCUT2D eigenvalue weighted by Gasteiger charge is -2.10. The summed E-state index contributed by atoms with van der Waals surface area (Å²) in [6.45, 7) is 4.80. The van der Waals surface area contributed by atoms with E-state index in [0.717, 1.165) is 6.54 Å². The molecule has 1 amide bonds. The largest absolute Gasteiger partial charge is 0.314 e. The Kier molecular flexibility index (Phi) is 4.17. The van der Waals surface area contributed by atoms with Gasteiger partial charge in [-0.1, -0.05) is 12.0 Å². The molecule has 1 heterocycles. The molecule has 1 aromatic heterocycles. The fourth-order valence-electron chi connectivity index (χ4n) is 1.21. The molecule has 7 nitrogen and oxygen atoms in total. The number of nitrogens with zero attached hydrogens (tertiary/aromatic N) is 4. The highest BCUT2D eigenvalue weighted by Gasteiger charge is 2.10. The van der Waals surface area contributed by atoms with Crippen LogP contribution in [0.4, 0.5) is 5.95 Å². The van der Waals surface area contributed by atoms with Crippen LogP contribution >= 0.6 is 0 Å². The van der Waals surface area contributed by atoms with Gasteiger partial charge in [-0.15, -0.1) is 5.10 Å². The van der Waals surface area contributed by atoms with E-state index in [4.69, 9.17) is 0 Å². The van der Waals surface area contributed by atoms with Crippen LogP contribution in [0.1, 0.15) is 20.3 Å². The average molecular weight is 212 g/mol. The Labute approximate surface area is 88.2 Å². The highest BCUT2D eigenvalue weighted by atomic mass is 16.1. The van der Waals surface area contributed by atoms with Gasteiger partial charge >= 0.3 is 0 Å². The molecule has 1 atom stereocenters. The third kappa shape index (κ3) is 4.03. The number of carbonyl (C=O) groups excluding carboxylic acids is 1. The normalized spacial score (nSPS) is 12.5.